The second kappa shape index (κ2) is 4.30. The van der Waals surface area contributed by atoms with Crippen LogP contribution in [0.4, 0.5) is 5.82 Å². The molecule has 5 nitrogen and oxygen atoms in total. The summed E-state index contributed by atoms with van der Waals surface area (Å²) in [7, 11) is 0. The van der Waals surface area contributed by atoms with E-state index in [1.54, 1.807) is 0 Å². The average molecular weight is 221 g/mol. The van der Waals surface area contributed by atoms with Gasteiger partial charge in [0, 0.05) is 11.5 Å². The summed E-state index contributed by atoms with van der Waals surface area (Å²) in [5.74, 6) is 1.88. The number of fused-ring (bicyclic) bond motifs is 1. The Bertz CT molecular complexity index is 493. The highest BCUT2D eigenvalue weighted by Gasteiger charge is 2.10. The lowest BCUT2D eigenvalue weighted by Gasteiger charge is -2.10. The Morgan fingerprint density at radius 3 is 2.44 bits per heavy atom. The second-order valence-corrected chi connectivity index (χ2v) is 3.32. The molecule has 0 fully saturated rings. The topological polar surface area (TPSA) is 73.2 Å². The number of hydrogen-bond acceptors (Lipinski definition) is 4. The van der Waals surface area contributed by atoms with Crippen molar-refractivity contribution >= 4 is 16.7 Å². The van der Waals surface area contributed by atoms with Crippen LogP contribution in [0, 0.1) is 0 Å². The van der Waals surface area contributed by atoms with Crippen LogP contribution >= 0.6 is 0 Å². The quantitative estimate of drug-likeness (QED) is 0.827. The minimum atomic E-state index is 0.471. The fraction of sp³-hybridized carbons (Fsp3) is 0.364. The number of nitrogens with zero attached hydrogens (tertiary/aromatic N) is 1. The number of nitrogens with one attached hydrogen (secondary N) is 1. The zero-order valence-corrected chi connectivity index (χ0v) is 9.41. The molecule has 0 amide bonds. The Labute approximate surface area is 93.5 Å². The number of anilines is 1. The van der Waals surface area contributed by atoms with Crippen molar-refractivity contribution in [3.63, 3.8) is 0 Å². The molecular weight excluding hydrogens is 206 g/mol. The highest BCUT2D eigenvalue weighted by atomic mass is 16.5. The van der Waals surface area contributed by atoms with Gasteiger partial charge in [0.2, 0.25) is 0 Å². The highest BCUT2D eigenvalue weighted by Crippen LogP contribution is 2.33. The molecule has 0 spiro atoms. The van der Waals surface area contributed by atoms with Gasteiger partial charge >= 0.3 is 0 Å². The molecular formula is C11H15N3O2. The third-order valence-electron chi connectivity index (χ3n) is 2.26. The molecule has 0 saturated carbocycles. The molecule has 0 unspecified atom stereocenters. The third kappa shape index (κ3) is 1.76. The van der Waals surface area contributed by atoms with E-state index in [1.165, 1.54) is 0 Å². The first-order chi connectivity index (χ1) is 7.76. The number of nitrogens with two attached hydrogens (primary N) is 1. The van der Waals surface area contributed by atoms with Crippen molar-refractivity contribution in [2.45, 2.75) is 13.8 Å². The predicted molar refractivity (Wildman–Crippen MR) is 62.8 cm³/mol. The van der Waals surface area contributed by atoms with Gasteiger partial charge in [0.15, 0.2) is 17.3 Å². The molecule has 0 radical (unpaired) electrons. The maximum absolute atomic E-state index is 5.73. The predicted octanol–water partition coefficient (Wildman–Crippen LogP) is 1.94. The number of benzene rings is 1. The molecule has 1 aromatic carbocycles. The van der Waals surface area contributed by atoms with Gasteiger partial charge in [-0.2, -0.15) is 5.10 Å². The normalized spacial score (nSPS) is 10.6. The van der Waals surface area contributed by atoms with Crippen LogP contribution in [-0.2, 0) is 0 Å². The van der Waals surface area contributed by atoms with Crippen molar-refractivity contribution in [3.8, 4) is 11.5 Å². The number of H-pyrrole nitrogens is 1. The number of aromatic nitrogens is 2. The van der Waals surface area contributed by atoms with E-state index >= 15 is 0 Å². The Balaban J connectivity index is 2.53. The number of nitrogen functional groups attached to an aromatic ring is 1. The number of ether oxygens (including phenoxy) is 2. The molecule has 0 saturated heterocycles. The number of aromatic amines is 1. The summed E-state index contributed by atoms with van der Waals surface area (Å²) in [5.41, 5.74) is 6.58. The first-order valence-corrected chi connectivity index (χ1v) is 5.29. The number of rotatable bonds is 4. The van der Waals surface area contributed by atoms with Gasteiger partial charge in [-0.1, -0.05) is 0 Å². The Hall–Kier alpha value is -1.91. The van der Waals surface area contributed by atoms with Gasteiger partial charge in [0.05, 0.1) is 18.7 Å². The van der Waals surface area contributed by atoms with E-state index in [2.05, 4.69) is 10.2 Å². The van der Waals surface area contributed by atoms with E-state index in [-0.39, 0.29) is 0 Å². The molecule has 1 aromatic heterocycles. The molecule has 0 aliphatic heterocycles. The van der Waals surface area contributed by atoms with Crippen molar-refractivity contribution in [2.75, 3.05) is 18.9 Å². The van der Waals surface area contributed by atoms with Crippen LogP contribution in [-0.4, -0.2) is 23.4 Å². The highest BCUT2D eigenvalue weighted by molar-refractivity contribution is 5.91. The van der Waals surface area contributed by atoms with Crippen LogP contribution < -0.4 is 15.2 Å². The fourth-order valence-corrected chi connectivity index (χ4v) is 1.58. The lowest BCUT2D eigenvalue weighted by molar-refractivity contribution is 0.288. The monoisotopic (exact) mass is 221 g/mol. The van der Waals surface area contributed by atoms with Crippen molar-refractivity contribution in [1.29, 1.82) is 0 Å². The maximum atomic E-state index is 5.73. The SMILES string of the molecule is CCOc1cc2[nH]nc(N)c2cc1OCC. The summed E-state index contributed by atoms with van der Waals surface area (Å²) in [6.45, 7) is 5.04. The molecule has 0 atom stereocenters. The number of hydrogen-bond donors (Lipinski definition) is 2. The van der Waals surface area contributed by atoms with E-state index in [1.807, 2.05) is 26.0 Å². The van der Waals surface area contributed by atoms with Crippen LogP contribution in [0.2, 0.25) is 0 Å². The first-order valence-electron chi connectivity index (χ1n) is 5.29. The summed E-state index contributed by atoms with van der Waals surface area (Å²) < 4.78 is 11.0. The minimum absolute atomic E-state index is 0.471. The van der Waals surface area contributed by atoms with E-state index in [0.29, 0.717) is 30.5 Å². The van der Waals surface area contributed by atoms with Crippen LogP contribution in [0.3, 0.4) is 0 Å². The lowest BCUT2D eigenvalue weighted by Crippen LogP contribution is -1.98. The van der Waals surface area contributed by atoms with Crippen molar-refractivity contribution in [2.24, 2.45) is 0 Å². The Kier molecular flexibility index (Phi) is 2.85. The Morgan fingerprint density at radius 1 is 1.19 bits per heavy atom. The maximum Gasteiger partial charge on any atom is 0.163 e. The zero-order chi connectivity index (χ0) is 11.5. The second-order valence-electron chi connectivity index (χ2n) is 3.32. The molecule has 0 aliphatic carbocycles. The molecule has 16 heavy (non-hydrogen) atoms. The van der Waals surface area contributed by atoms with Crippen LogP contribution in [0.25, 0.3) is 10.9 Å². The Morgan fingerprint density at radius 2 is 1.81 bits per heavy atom. The molecule has 1 heterocycles. The van der Waals surface area contributed by atoms with Crippen molar-refractivity contribution in [1.82, 2.24) is 10.2 Å². The third-order valence-corrected chi connectivity index (χ3v) is 2.26. The van der Waals surface area contributed by atoms with Crippen molar-refractivity contribution in [3.05, 3.63) is 12.1 Å². The van der Waals surface area contributed by atoms with E-state index in [4.69, 9.17) is 15.2 Å². The van der Waals surface area contributed by atoms with Gasteiger partial charge in [-0.05, 0) is 19.9 Å². The molecule has 0 aliphatic rings. The van der Waals surface area contributed by atoms with Crippen molar-refractivity contribution < 1.29 is 9.47 Å². The molecule has 2 rings (SSSR count). The van der Waals surface area contributed by atoms with Gasteiger partial charge in [0.1, 0.15) is 0 Å². The summed E-state index contributed by atoms with van der Waals surface area (Å²) in [6, 6.07) is 3.70. The minimum Gasteiger partial charge on any atom is -0.490 e. The standard InChI is InChI=1S/C11H15N3O2/c1-3-15-9-5-7-8(13-14-11(7)12)6-10(9)16-4-2/h5-6H,3-4H2,1-2H3,(H3,12,13,14). The van der Waals surface area contributed by atoms with Gasteiger partial charge in [-0.3, -0.25) is 5.10 Å². The van der Waals surface area contributed by atoms with Gasteiger partial charge in [-0.25, -0.2) is 0 Å². The van der Waals surface area contributed by atoms with E-state index in [9.17, 15) is 0 Å². The summed E-state index contributed by atoms with van der Waals surface area (Å²) in [6.07, 6.45) is 0. The lowest BCUT2D eigenvalue weighted by atomic mass is 10.2. The summed E-state index contributed by atoms with van der Waals surface area (Å²) in [4.78, 5) is 0. The summed E-state index contributed by atoms with van der Waals surface area (Å²) in [5, 5.41) is 7.64. The molecule has 5 heteroatoms. The summed E-state index contributed by atoms with van der Waals surface area (Å²) >= 11 is 0. The molecule has 0 bridgehead atoms. The van der Waals surface area contributed by atoms with E-state index in [0.717, 1.165) is 10.9 Å². The smallest absolute Gasteiger partial charge is 0.163 e. The van der Waals surface area contributed by atoms with Gasteiger partial charge in [0.25, 0.3) is 0 Å². The largest absolute Gasteiger partial charge is 0.490 e. The first kappa shape index (κ1) is 10.6. The van der Waals surface area contributed by atoms with Crippen LogP contribution in [0.5, 0.6) is 11.5 Å². The van der Waals surface area contributed by atoms with Crippen LogP contribution in [0.15, 0.2) is 12.1 Å². The average Bonchev–Trinajstić information content (AvgIpc) is 2.62. The van der Waals surface area contributed by atoms with Crippen LogP contribution in [0.1, 0.15) is 13.8 Å². The molecule has 3 N–H and O–H groups in total. The van der Waals surface area contributed by atoms with E-state index < -0.39 is 0 Å². The zero-order valence-electron chi connectivity index (χ0n) is 9.41. The van der Waals surface area contributed by atoms with Gasteiger partial charge in [-0.15, -0.1) is 0 Å². The molecule has 86 valence electrons. The van der Waals surface area contributed by atoms with Gasteiger partial charge < -0.3 is 15.2 Å². The fourth-order valence-electron chi connectivity index (χ4n) is 1.58. The molecule has 2 aromatic rings.